The summed E-state index contributed by atoms with van der Waals surface area (Å²) in [6, 6.07) is -0.518. The Balaban J connectivity index is 3.61. The van der Waals surface area contributed by atoms with Crippen molar-refractivity contribution in [3.8, 4) is 0 Å². The molecule has 0 bridgehead atoms. The summed E-state index contributed by atoms with van der Waals surface area (Å²) in [6.07, 6.45) is 0.566. The summed E-state index contributed by atoms with van der Waals surface area (Å²) >= 11 is 0. The van der Waals surface area contributed by atoms with Crippen LogP contribution in [0.2, 0.25) is 0 Å². The third-order valence-electron chi connectivity index (χ3n) is 1.66. The van der Waals surface area contributed by atoms with Crippen molar-refractivity contribution in [2.24, 2.45) is 5.73 Å². The second-order valence-corrected chi connectivity index (χ2v) is 2.98. The molecule has 5 N–H and O–H groups in total. The molecular formula is C8H18N2O3. The summed E-state index contributed by atoms with van der Waals surface area (Å²) in [5, 5.41) is 19.8. The first-order chi connectivity index (χ1) is 6.11. The molecule has 2 atom stereocenters. The minimum Gasteiger partial charge on any atom is -0.394 e. The van der Waals surface area contributed by atoms with E-state index in [4.69, 9.17) is 15.9 Å². The summed E-state index contributed by atoms with van der Waals surface area (Å²) in [7, 11) is 0. The zero-order valence-corrected chi connectivity index (χ0v) is 7.86. The van der Waals surface area contributed by atoms with Crippen molar-refractivity contribution in [2.75, 3.05) is 13.2 Å². The topological polar surface area (TPSA) is 95.6 Å². The molecule has 0 aromatic carbocycles. The van der Waals surface area contributed by atoms with E-state index >= 15 is 0 Å². The lowest BCUT2D eigenvalue weighted by atomic mass is 10.1. The standard InChI is InChI=1S/C8H18N2O3/c1-2-3-7(9)8(13)10-4-6(12)5-11/h6-7,11-12H,2-5,9H2,1H3,(H,10,13). The van der Waals surface area contributed by atoms with Crippen LogP contribution in [0, 0.1) is 0 Å². The summed E-state index contributed by atoms with van der Waals surface area (Å²) in [5.74, 6) is -0.283. The van der Waals surface area contributed by atoms with Crippen LogP contribution in [-0.4, -0.2) is 41.4 Å². The number of hydrogen-bond donors (Lipinski definition) is 4. The number of rotatable bonds is 6. The van der Waals surface area contributed by atoms with Gasteiger partial charge >= 0.3 is 0 Å². The Hall–Kier alpha value is -0.650. The van der Waals surface area contributed by atoms with E-state index in [1.165, 1.54) is 0 Å². The summed E-state index contributed by atoms with van der Waals surface area (Å²) in [5.41, 5.74) is 5.50. The zero-order valence-electron chi connectivity index (χ0n) is 7.86. The molecule has 0 radical (unpaired) electrons. The summed E-state index contributed by atoms with van der Waals surface area (Å²) in [6.45, 7) is 1.63. The van der Waals surface area contributed by atoms with Crippen LogP contribution in [0.25, 0.3) is 0 Å². The van der Waals surface area contributed by atoms with Crippen molar-refractivity contribution in [3.63, 3.8) is 0 Å². The van der Waals surface area contributed by atoms with Crippen LogP contribution >= 0.6 is 0 Å². The smallest absolute Gasteiger partial charge is 0.237 e. The monoisotopic (exact) mass is 190 g/mol. The lowest BCUT2D eigenvalue weighted by molar-refractivity contribution is -0.123. The molecule has 5 nitrogen and oxygen atoms in total. The first-order valence-corrected chi connectivity index (χ1v) is 4.44. The van der Waals surface area contributed by atoms with Crippen molar-refractivity contribution in [3.05, 3.63) is 0 Å². The highest BCUT2D eigenvalue weighted by Gasteiger charge is 2.12. The first-order valence-electron chi connectivity index (χ1n) is 4.44. The summed E-state index contributed by atoms with van der Waals surface area (Å²) in [4.78, 5) is 11.1. The lowest BCUT2D eigenvalue weighted by Gasteiger charge is -2.12. The van der Waals surface area contributed by atoms with E-state index in [1.807, 2.05) is 6.92 Å². The molecule has 78 valence electrons. The van der Waals surface area contributed by atoms with E-state index in [9.17, 15) is 4.79 Å². The second kappa shape index (κ2) is 6.82. The molecule has 5 heteroatoms. The number of nitrogens with one attached hydrogen (secondary N) is 1. The van der Waals surface area contributed by atoms with Crippen LogP contribution in [0.15, 0.2) is 0 Å². The van der Waals surface area contributed by atoms with Crippen molar-refractivity contribution in [1.29, 1.82) is 0 Å². The fourth-order valence-corrected chi connectivity index (χ4v) is 0.856. The highest BCUT2D eigenvalue weighted by molar-refractivity contribution is 5.81. The Labute approximate surface area is 77.9 Å². The zero-order chi connectivity index (χ0) is 10.3. The molecule has 0 rings (SSSR count). The van der Waals surface area contributed by atoms with Crippen molar-refractivity contribution in [1.82, 2.24) is 5.32 Å². The van der Waals surface area contributed by atoms with Gasteiger partial charge in [0.2, 0.25) is 5.91 Å². The van der Waals surface area contributed by atoms with Gasteiger partial charge in [0, 0.05) is 6.54 Å². The molecule has 2 unspecified atom stereocenters. The Morgan fingerprint density at radius 1 is 1.62 bits per heavy atom. The maximum absolute atomic E-state index is 11.1. The third kappa shape index (κ3) is 5.57. The molecule has 0 aliphatic carbocycles. The van der Waals surface area contributed by atoms with Crippen LogP contribution in [0.1, 0.15) is 19.8 Å². The number of aliphatic hydroxyl groups is 2. The Morgan fingerprint density at radius 3 is 2.69 bits per heavy atom. The van der Waals surface area contributed by atoms with Gasteiger partial charge in [0.15, 0.2) is 0 Å². The van der Waals surface area contributed by atoms with Crippen LogP contribution in [0.5, 0.6) is 0 Å². The maximum atomic E-state index is 11.1. The van der Waals surface area contributed by atoms with Gasteiger partial charge in [-0.1, -0.05) is 13.3 Å². The average Bonchev–Trinajstić information content (AvgIpc) is 2.13. The minimum atomic E-state index is -0.905. The van der Waals surface area contributed by atoms with Gasteiger partial charge in [-0.15, -0.1) is 0 Å². The number of aliphatic hydroxyl groups excluding tert-OH is 2. The predicted octanol–water partition coefficient (Wildman–Crippen LogP) is -1.42. The Bertz CT molecular complexity index is 152. The van der Waals surface area contributed by atoms with Crippen molar-refractivity contribution in [2.45, 2.75) is 31.9 Å². The van der Waals surface area contributed by atoms with Crippen LogP contribution in [0.3, 0.4) is 0 Å². The number of carbonyl (C=O) groups excluding carboxylic acids is 1. The number of carbonyl (C=O) groups is 1. The normalized spacial score (nSPS) is 15.1. The Morgan fingerprint density at radius 2 is 2.23 bits per heavy atom. The van der Waals surface area contributed by atoms with Crippen molar-refractivity contribution < 1.29 is 15.0 Å². The van der Waals surface area contributed by atoms with Crippen LogP contribution in [0.4, 0.5) is 0 Å². The second-order valence-electron chi connectivity index (χ2n) is 2.98. The van der Waals surface area contributed by atoms with E-state index < -0.39 is 12.1 Å². The van der Waals surface area contributed by atoms with Gasteiger partial charge in [0.25, 0.3) is 0 Å². The molecular weight excluding hydrogens is 172 g/mol. The summed E-state index contributed by atoms with van der Waals surface area (Å²) < 4.78 is 0. The van der Waals surface area contributed by atoms with Gasteiger partial charge in [-0.2, -0.15) is 0 Å². The largest absolute Gasteiger partial charge is 0.394 e. The van der Waals surface area contributed by atoms with Crippen LogP contribution < -0.4 is 11.1 Å². The number of nitrogens with two attached hydrogens (primary N) is 1. The molecule has 0 aromatic rings. The molecule has 0 aliphatic heterocycles. The maximum Gasteiger partial charge on any atom is 0.237 e. The van der Waals surface area contributed by atoms with E-state index in [2.05, 4.69) is 5.32 Å². The molecule has 0 aliphatic rings. The van der Waals surface area contributed by atoms with Gasteiger partial charge in [-0.05, 0) is 6.42 Å². The molecule has 0 fully saturated rings. The average molecular weight is 190 g/mol. The highest BCUT2D eigenvalue weighted by atomic mass is 16.3. The Kier molecular flexibility index (Phi) is 6.48. The molecule has 0 saturated heterocycles. The predicted molar refractivity (Wildman–Crippen MR) is 49.0 cm³/mol. The molecule has 13 heavy (non-hydrogen) atoms. The van der Waals surface area contributed by atoms with E-state index in [0.717, 1.165) is 6.42 Å². The molecule has 0 aromatic heterocycles. The van der Waals surface area contributed by atoms with E-state index in [0.29, 0.717) is 6.42 Å². The number of hydrogen-bond acceptors (Lipinski definition) is 4. The van der Waals surface area contributed by atoms with Crippen LogP contribution in [-0.2, 0) is 4.79 Å². The molecule has 1 amide bonds. The molecule has 0 spiro atoms. The molecule has 0 heterocycles. The van der Waals surface area contributed by atoms with Crippen molar-refractivity contribution >= 4 is 5.91 Å². The van der Waals surface area contributed by atoms with Gasteiger partial charge < -0.3 is 21.3 Å². The minimum absolute atomic E-state index is 0.0484. The van der Waals surface area contributed by atoms with E-state index in [-0.39, 0.29) is 19.1 Å². The lowest BCUT2D eigenvalue weighted by Crippen LogP contribution is -2.43. The van der Waals surface area contributed by atoms with Gasteiger partial charge in [0.1, 0.15) is 0 Å². The number of amides is 1. The van der Waals surface area contributed by atoms with E-state index in [1.54, 1.807) is 0 Å². The van der Waals surface area contributed by atoms with Gasteiger partial charge in [-0.3, -0.25) is 4.79 Å². The van der Waals surface area contributed by atoms with Gasteiger partial charge in [-0.25, -0.2) is 0 Å². The SMILES string of the molecule is CCCC(N)C(=O)NCC(O)CO. The van der Waals surface area contributed by atoms with Gasteiger partial charge in [0.05, 0.1) is 18.8 Å². The highest BCUT2D eigenvalue weighted by Crippen LogP contribution is 1.92. The fraction of sp³-hybridized carbons (Fsp3) is 0.875. The first kappa shape index (κ1) is 12.3. The quantitative estimate of drug-likeness (QED) is 0.413. The third-order valence-corrected chi connectivity index (χ3v) is 1.66. The fourth-order valence-electron chi connectivity index (χ4n) is 0.856. The molecule has 0 saturated carbocycles.